The van der Waals surface area contributed by atoms with Crippen molar-refractivity contribution < 1.29 is 19.0 Å². The lowest BCUT2D eigenvalue weighted by atomic mass is 10.2. The van der Waals surface area contributed by atoms with Crippen molar-refractivity contribution in [3.05, 3.63) is 22.7 Å². The van der Waals surface area contributed by atoms with Crippen LogP contribution in [-0.4, -0.2) is 44.8 Å². The van der Waals surface area contributed by atoms with Crippen LogP contribution in [0.3, 0.4) is 0 Å². The van der Waals surface area contributed by atoms with E-state index >= 15 is 0 Å². The number of hydrogen-bond acceptors (Lipinski definition) is 5. The number of benzene rings is 1. The number of fused-ring (bicyclic) bond motifs is 1. The third-order valence-electron chi connectivity index (χ3n) is 2.74. The van der Waals surface area contributed by atoms with Gasteiger partial charge in [-0.25, -0.2) is 0 Å². The normalized spacial score (nSPS) is 13.5. The molecule has 0 aromatic heterocycles. The first-order chi connectivity index (χ1) is 9.10. The molecule has 0 unspecified atom stereocenters. The Morgan fingerprint density at radius 1 is 1.42 bits per heavy atom. The predicted molar refractivity (Wildman–Crippen MR) is 70.8 cm³/mol. The molecule has 0 aliphatic carbocycles. The Kier molecular flexibility index (Phi) is 4.50. The van der Waals surface area contributed by atoms with Crippen molar-refractivity contribution in [2.24, 2.45) is 0 Å². The molecule has 1 aromatic rings. The van der Waals surface area contributed by atoms with Gasteiger partial charge < -0.3 is 14.2 Å². The van der Waals surface area contributed by atoms with E-state index < -0.39 is 0 Å². The number of ether oxygens (including phenoxy) is 3. The monoisotopic (exact) mass is 285 g/mol. The Morgan fingerprint density at radius 3 is 2.89 bits per heavy atom. The minimum Gasteiger partial charge on any atom is -0.486 e. The largest absolute Gasteiger partial charge is 0.486 e. The highest BCUT2D eigenvalue weighted by Crippen LogP contribution is 2.38. The predicted octanol–water partition coefficient (Wildman–Crippen LogP) is 1.72. The molecule has 6 heteroatoms. The minimum absolute atomic E-state index is 0.225. The van der Waals surface area contributed by atoms with E-state index in [-0.39, 0.29) is 12.5 Å². The highest BCUT2D eigenvalue weighted by molar-refractivity contribution is 6.32. The number of carbonyl (C=O) groups excluding carboxylic acids is 1. The van der Waals surface area contributed by atoms with Gasteiger partial charge in [-0.2, -0.15) is 0 Å². The fraction of sp³-hybridized carbons (Fsp3) is 0.462. The van der Waals surface area contributed by atoms with E-state index in [1.54, 1.807) is 0 Å². The number of esters is 1. The fourth-order valence-corrected chi connectivity index (χ4v) is 2.20. The third-order valence-corrected chi connectivity index (χ3v) is 3.02. The number of rotatable bonds is 4. The van der Waals surface area contributed by atoms with Crippen LogP contribution in [0.1, 0.15) is 5.56 Å². The van der Waals surface area contributed by atoms with Gasteiger partial charge in [0.2, 0.25) is 0 Å². The summed E-state index contributed by atoms with van der Waals surface area (Å²) in [5, 5.41) is 0.527. The standard InChI is InChI=1S/C13H16ClNO4/c1-15(8-12(16)17-2)7-9-5-10(14)13-11(6-9)18-3-4-19-13/h5-6H,3-4,7-8H2,1-2H3. The zero-order valence-corrected chi connectivity index (χ0v) is 11.7. The van der Waals surface area contributed by atoms with Gasteiger partial charge in [0.15, 0.2) is 11.5 Å². The number of nitrogens with zero attached hydrogens (tertiary/aromatic N) is 1. The van der Waals surface area contributed by atoms with E-state index in [1.807, 2.05) is 24.1 Å². The molecule has 0 atom stereocenters. The summed E-state index contributed by atoms with van der Waals surface area (Å²) in [4.78, 5) is 13.0. The minimum atomic E-state index is -0.272. The Labute approximate surface area is 117 Å². The summed E-state index contributed by atoms with van der Waals surface area (Å²) in [5.74, 6) is 0.971. The van der Waals surface area contributed by atoms with Gasteiger partial charge in [-0.05, 0) is 24.7 Å². The molecule has 0 amide bonds. The summed E-state index contributed by atoms with van der Waals surface area (Å²) in [5.41, 5.74) is 0.959. The van der Waals surface area contributed by atoms with E-state index in [9.17, 15) is 4.79 Å². The van der Waals surface area contributed by atoms with Crippen molar-refractivity contribution in [1.82, 2.24) is 4.90 Å². The second-order valence-corrected chi connectivity index (χ2v) is 4.76. The van der Waals surface area contributed by atoms with Crippen LogP contribution in [0.15, 0.2) is 12.1 Å². The van der Waals surface area contributed by atoms with E-state index in [1.165, 1.54) is 7.11 Å². The zero-order valence-electron chi connectivity index (χ0n) is 10.9. The number of carbonyl (C=O) groups is 1. The molecule has 1 heterocycles. The molecule has 0 saturated carbocycles. The Balaban J connectivity index is 2.08. The topological polar surface area (TPSA) is 48.0 Å². The van der Waals surface area contributed by atoms with Gasteiger partial charge >= 0.3 is 5.97 Å². The highest BCUT2D eigenvalue weighted by Gasteiger charge is 2.17. The maximum absolute atomic E-state index is 11.2. The molecule has 0 saturated heterocycles. The molecule has 0 fully saturated rings. The molecule has 1 aliphatic rings. The summed E-state index contributed by atoms with van der Waals surface area (Å²) >= 11 is 6.15. The second kappa shape index (κ2) is 6.12. The Hall–Kier alpha value is -1.46. The highest BCUT2D eigenvalue weighted by atomic mass is 35.5. The molecule has 1 aliphatic heterocycles. The molecule has 0 radical (unpaired) electrons. The van der Waals surface area contributed by atoms with Crippen molar-refractivity contribution in [3.8, 4) is 11.5 Å². The van der Waals surface area contributed by atoms with E-state index in [0.29, 0.717) is 36.3 Å². The van der Waals surface area contributed by atoms with Gasteiger partial charge in [-0.15, -0.1) is 0 Å². The van der Waals surface area contributed by atoms with Crippen LogP contribution >= 0.6 is 11.6 Å². The maximum Gasteiger partial charge on any atom is 0.319 e. The van der Waals surface area contributed by atoms with Gasteiger partial charge in [0, 0.05) is 6.54 Å². The first-order valence-corrected chi connectivity index (χ1v) is 6.31. The zero-order chi connectivity index (χ0) is 13.8. The van der Waals surface area contributed by atoms with Gasteiger partial charge in [-0.1, -0.05) is 11.6 Å². The lowest BCUT2D eigenvalue weighted by molar-refractivity contribution is -0.141. The van der Waals surface area contributed by atoms with Crippen LogP contribution in [0.25, 0.3) is 0 Å². The molecule has 19 heavy (non-hydrogen) atoms. The maximum atomic E-state index is 11.2. The molecule has 0 bridgehead atoms. The van der Waals surface area contributed by atoms with E-state index in [0.717, 1.165) is 5.56 Å². The molecule has 104 valence electrons. The number of halogens is 1. The van der Waals surface area contributed by atoms with Crippen molar-refractivity contribution in [3.63, 3.8) is 0 Å². The molecule has 0 N–H and O–H groups in total. The van der Waals surface area contributed by atoms with Gasteiger partial charge in [0.05, 0.1) is 18.7 Å². The van der Waals surface area contributed by atoms with Crippen molar-refractivity contribution >= 4 is 17.6 Å². The lowest BCUT2D eigenvalue weighted by Gasteiger charge is -2.21. The fourth-order valence-electron chi connectivity index (χ4n) is 1.91. The lowest BCUT2D eigenvalue weighted by Crippen LogP contribution is -2.26. The Bertz CT molecular complexity index is 478. The summed E-state index contributed by atoms with van der Waals surface area (Å²) in [6.45, 7) is 1.83. The number of hydrogen-bond donors (Lipinski definition) is 0. The van der Waals surface area contributed by atoms with Crippen molar-refractivity contribution in [2.45, 2.75) is 6.54 Å². The molecular weight excluding hydrogens is 270 g/mol. The Morgan fingerprint density at radius 2 is 2.16 bits per heavy atom. The SMILES string of the molecule is COC(=O)CN(C)Cc1cc(Cl)c2c(c1)OCCO2. The molecule has 0 spiro atoms. The van der Waals surface area contributed by atoms with Crippen LogP contribution in [0, 0.1) is 0 Å². The summed E-state index contributed by atoms with van der Waals surface area (Å²) in [6, 6.07) is 3.71. The van der Waals surface area contributed by atoms with Crippen LogP contribution in [0.2, 0.25) is 5.02 Å². The number of likely N-dealkylation sites (N-methyl/N-ethyl adjacent to an activating group) is 1. The smallest absolute Gasteiger partial charge is 0.319 e. The van der Waals surface area contributed by atoms with E-state index in [4.69, 9.17) is 21.1 Å². The summed E-state index contributed by atoms with van der Waals surface area (Å²) in [6.07, 6.45) is 0. The second-order valence-electron chi connectivity index (χ2n) is 4.35. The average molecular weight is 286 g/mol. The van der Waals surface area contributed by atoms with Gasteiger partial charge in [0.1, 0.15) is 13.2 Å². The quantitative estimate of drug-likeness (QED) is 0.788. The molecule has 1 aromatic carbocycles. The molecule has 2 rings (SSSR count). The average Bonchev–Trinajstić information content (AvgIpc) is 2.38. The van der Waals surface area contributed by atoms with Crippen LogP contribution in [0.4, 0.5) is 0 Å². The van der Waals surface area contributed by atoms with Gasteiger partial charge in [0.25, 0.3) is 0 Å². The van der Waals surface area contributed by atoms with Crippen molar-refractivity contribution in [2.75, 3.05) is 33.9 Å². The number of methoxy groups -OCH3 is 1. The molecule has 5 nitrogen and oxygen atoms in total. The summed E-state index contributed by atoms with van der Waals surface area (Å²) in [7, 11) is 3.21. The van der Waals surface area contributed by atoms with E-state index in [2.05, 4.69) is 4.74 Å². The van der Waals surface area contributed by atoms with Crippen molar-refractivity contribution in [1.29, 1.82) is 0 Å². The first kappa shape index (κ1) is 14.0. The summed E-state index contributed by atoms with van der Waals surface area (Å²) < 4.78 is 15.6. The molecular formula is C13H16ClNO4. The van der Waals surface area contributed by atoms with Crippen LogP contribution in [0.5, 0.6) is 11.5 Å². The first-order valence-electron chi connectivity index (χ1n) is 5.93. The van der Waals surface area contributed by atoms with Crippen LogP contribution < -0.4 is 9.47 Å². The van der Waals surface area contributed by atoms with Gasteiger partial charge in [-0.3, -0.25) is 9.69 Å². The van der Waals surface area contributed by atoms with Crippen LogP contribution in [-0.2, 0) is 16.1 Å². The third kappa shape index (κ3) is 3.52.